The number of rotatable bonds is 19. The Hall–Kier alpha value is -12.2. The van der Waals surface area contributed by atoms with Crippen LogP contribution in [-0.4, -0.2) is 218 Å². The van der Waals surface area contributed by atoms with Crippen molar-refractivity contribution in [3.63, 3.8) is 0 Å². The number of benzene rings is 6. The first-order valence-electron chi connectivity index (χ1n) is 40.0. The van der Waals surface area contributed by atoms with Crippen LogP contribution in [0.3, 0.4) is 0 Å². The summed E-state index contributed by atoms with van der Waals surface area (Å²) in [5.74, 6) is -8.44. The zero-order chi connectivity index (χ0) is 86.5. The molecule has 34 nitrogen and oxygen atoms in total. The predicted molar refractivity (Wildman–Crippen MR) is 443 cm³/mol. The van der Waals surface area contributed by atoms with Gasteiger partial charge >= 0.3 is 5.97 Å². The molecule has 6 aliphatic rings. The van der Waals surface area contributed by atoms with Gasteiger partial charge in [-0.1, -0.05) is 161 Å². The average molecular weight is 1670 g/mol. The van der Waals surface area contributed by atoms with Gasteiger partial charge in [-0.3, -0.25) is 52.7 Å². The molecule has 2 fully saturated rings. The van der Waals surface area contributed by atoms with Crippen molar-refractivity contribution in [1.29, 1.82) is 0 Å². The quantitative estimate of drug-likeness (QED) is 0.0518. The second-order valence-electron chi connectivity index (χ2n) is 33.1. The van der Waals surface area contributed by atoms with E-state index in [9.17, 15) is 42.3 Å². The number of sulfonamides is 1. The molecular formula is C85H106N18O16S. The van der Waals surface area contributed by atoms with Crippen LogP contribution in [0.2, 0.25) is 0 Å². The van der Waals surface area contributed by atoms with Crippen LogP contribution >= 0.6 is 0 Å². The third-order valence-corrected chi connectivity index (χ3v) is 23.1. The molecule has 0 unspecified atom stereocenters. The predicted octanol–water partition coefficient (Wildman–Crippen LogP) is 3.18. The molecular weight excluding hydrogens is 1560 g/mol. The van der Waals surface area contributed by atoms with Crippen LogP contribution in [0.5, 0.6) is 11.5 Å². The van der Waals surface area contributed by atoms with Crippen molar-refractivity contribution < 1.29 is 75.7 Å². The topological polar surface area (TPSA) is 449 Å². The smallest absolute Gasteiger partial charge is 0.326 e. The molecule has 0 spiro atoms. The number of carboxylic acid groups (broad SMARTS) is 1. The number of aromatic nitrogens is 6. The van der Waals surface area contributed by atoms with E-state index in [0.29, 0.717) is 39.4 Å². The summed E-state index contributed by atoms with van der Waals surface area (Å²) in [7, 11) is -1.24. The van der Waals surface area contributed by atoms with Crippen molar-refractivity contribution >= 4 is 96.6 Å². The number of nitrogens with one attached hydrogen (secondary N) is 10. The molecule has 120 heavy (non-hydrogen) atoms. The highest BCUT2D eigenvalue weighted by Gasteiger charge is 2.49. The third kappa shape index (κ3) is 23.0. The first kappa shape index (κ1) is 88.6. The lowest BCUT2D eigenvalue weighted by Gasteiger charge is -2.36. The number of hydrogen-bond donors (Lipinski definition) is 11. The first-order chi connectivity index (χ1) is 57.0. The Labute approximate surface area is 695 Å². The molecule has 0 radical (unpaired) electrons. The summed E-state index contributed by atoms with van der Waals surface area (Å²) >= 11 is 0. The van der Waals surface area contributed by atoms with Gasteiger partial charge < -0.3 is 72.2 Å². The highest BCUT2D eigenvalue weighted by Crippen LogP contribution is 2.35. The van der Waals surface area contributed by atoms with Crippen molar-refractivity contribution in [2.75, 3.05) is 39.5 Å². The van der Waals surface area contributed by atoms with Gasteiger partial charge in [-0.05, 0) is 113 Å². The number of likely N-dealkylation sites (N-methyl/N-ethyl adjacent to an activating group) is 2. The highest BCUT2D eigenvalue weighted by atomic mass is 32.2. The standard InChI is InChI=1S/C85H106N18O16S/c1-49(86-10)74(105)93-72(84(4,5)6)81(112)100-45-62-41-70(100)79(110)90-66(39-54-21-27-56-17-12-14-19-58(56)35-54)76(107)89-68(78(109)97-120(116,117)34-16-33-88-51(3)104)37-52-23-29-64(30-24-52)118-47-60-43-103(98-95-60)63-42-71(101(46-63)82(113)73(85(7,8)9)94-75(106)50(2)87-11)80(111)91-67(40-55-22-28-57-18-13-15-20-59(57)36-55)77(108)92-69(83(114)115)38-53-25-31-65(32-26-53)119-48-61-44-102(62)99-96-61/h12-15,17-32,35-36,43-44,49-50,62-63,66-73,86-87H,16,33-34,37-42,45-48H2,1-11H3,(H,88,104)(H,89,107)(H,90,110)(H,91,111)(H,92,108)(H,93,105)(H,94,106)(H,97,109)(H,114,115)/t49-,50-,62-,63-,66-,67-,68-,69-,70-,71-,72+,73+/m0/s1. The molecule has 6 aromatic carbocycles. The van der Waals surface area contributed by atoms with Gasteiger partial charge in [0.05, 0.1) is 42.3 Å². The minimum atomic E-state index is -4.43. The van der Waals surface area contributed by atoms with Gasteiger partial charge in [-0.25, -0.2) is 22.6 Å². The second-order valence-corrected chi connectivity index (χ2v) is 34.9. The summed E-state index contributed by atoms with van der Waals surface area (Å²) in [4.78, 5) is 162. The van der Waals surface area contributed by atoms with Crippen molar-refractivity contribution in [1.82, 2.24) is 92.4 Å². The number of carboxylic acids is 1. The number of fused-ring (bicyclic) bond motifs is 2. The van der Waals surface area contributed by atoms with E-state index in [2.05, 4.69) is 73.2 Å². The monoisotopic (exact) mass is 1670 g/mol. The van der Waals surface area contributed by atoms with Crippen LogP contribution in [0.25, 0.3) is 21.5 Å². The molecule has 0 saturated carbocycles. The van der Waals surface area contributed by atoms with Crippen LogP contribution in [0.4, 0.5) is 0 Å². The highest BCUT2D eigenvalue weighted by molar-refractivity contribution is 7.90. The van der Waals surface area contributed by atoms with Gasteiger partial charge in [0.15, 0.2) is 0 Å². The normalized spacial score (nSPS) is 20.9. The van der Waals surface area contributed by atoms with E-state index in [1.54, 1.807) is 143 Å². The SMILES string of the molecule is CN[C@@H](C)C(=O)N[C@H](C(=O)N1C[C@@H]2C[C@H]1C(=O)N[C@@H](Cc1ccc3ccccc3c1)C(=O)N[C@H](C(=O)O)Cc1ccc(cc1)OCc1cn(nn1)[C@H]1C[C@@H](C(=O)N[C@@H](Cc3ccc4ccccc4c3)C(=O)N[C@H](C(=O)NS(=O)(=O)CCCNC(C)=O)Cc3ccc(cc3)OCc3cn2nn3)N(C(=O)[C@@H](NC(=O)[C@H](C)NC)C(C)(C)C)C1)C(C)(C)C. The Morgan fingerprint density at radius 1 is 0.550 bits per heavy atom. The fourth-order valence-corrected chi connectivity index (χ4v) is 15.8. The third-order valence-electron chi connectivity index (χ3n) is 21.8. The minimum absolute atomic E-state index is 0.0245. The molecule has 35 heteroatoms. The molecule has 2 saturated heterocycles. The van der Waals surface area contributed by atoms with E-state index in [-0.39, 0.29) is 83.5 Å². The van der Waals surface area contributed by atoms with Crippen molar-refractivity contribution in [2.24, 2.45) is 10.8 Å². The molecule has 6 aliphatic heterocycles. The van der Waals surface area contributed by atoms with Crippen molar-refractivity contribution in [3.8, 4) is 11.5 Å². The lowest BCUT2D eigenvalue weighted by atomic mass is 9.85. The maximum absolute atomic E-state index is 15.6. The van der Waals surface area contributed by atoms with E-state index in [4.69, 9.17) is 9.47 Å². The van der Waals surface area contributed by atoms with E-state index in [1.165, 1.54) is 26.1 Å². The number of carbonyl (C=O) groups is 11. The number of hydrogen-bond acceptors (Lipinski definition) is 21. The number of ether oxygens (including phenoxy) is 2. The van der Waals surface area contributed by atoms with E-state index in [1.807, 2.05) is 72.8 Å². The van der Waals surface area contributed by atoms with Crippen LogP contribution in [0, 0.1) is 10.8 Å². The number of amides is 10. The lowest BCUT2D eigenvalue weighted by Crippen LogP contribution is -2.61. The Morgan fingerprint density at radius 2 is 0.958 bits per heavy atom. The molecule has 0 aliphatic carbocycles. The zero-order valence-corrected chi connectivity index (χ0v) is 69.9. The molecule has 12 bridgehead atoms. The number of nitrogens with zero attached hydrogens (tertiary/aromatic N) is 8. The van der Waals surface area contributed by atoms with Gasteiger partial charge in [0, 0.05) is 65.1 Å². The summed E-state index contributed by atoms with van der Waals surface area (Å²) in [6, 6.07) is 24.6. The number of aliphatic carboxylic acids is 1. The summed E-state index contributed by atoms with van der Waals surface area (Å²) in [5.41, 5.74) is 0.798. The summed E-state index contributed by atoms with van der Waals surface area (Å²) in [5, 5.41) is 57.3. The average Bonchev–Trinajstić information content (AvgIpc) is 1.64. The largest absolute Gasteiger partial charge is 0.487 e. The van der Waals surface area contributed by atoms with E-state index in [0.717, 1.165) is 21.5 Å². The minimum Gasteiger partial charge on any atom is -0.487 e. The van der Waals surface area contributed by atoms with Gasteiger partial charge in [0.2, 0.25) is 63.2 Å². The molecule has 10 amide bonds. The van der Waals surface area contributed by atoms with E-state index < -0.39 is 164 Å². The summed E-state index contributed by atoms with van der Waals surface area (Å²) in [6.07, 6.45) is 2.03. The van der Waals surface area contributed by atoms with Crippen LogP contribution in [0.1, 0.15) is 127 Å². The Bertz CT molecular complexity index is 5200. The number of likely N-dealkylation sites (tertiary alicyclic amines) is 2. The van der Waals surface area contributed by atoms with Crippen LogP contribution < -0.4 is 62.0 Å². The second kappa shape index (κ2) is 38.7. The molecule has 12 atom stereocenters. The van der Waals surface area contributed by atoms with Gasteiger partial charge in [-0.15, -0.1) is 10.2 Å². The first-order valence-corrected chi connectivity index (χ1v) is 41.6. The summed E-state index contributed by atoms with van der Waals surface area (Å²) in [6.45, 7) is 14.5. The Balaban J connectivity index is 0.953. The summed E-state index contributed by atoms with van der Waals surface area (Å²) < 4.78 is 45.0. The maximum atomic E-state index is 15.6. The fraction of sp³-hybridized carbons (Fsp3) is 0.447. The van der Waals surface area contributed by atoms with Crippen molar-refractivity contribution in [3.05, 3.63) is 179 Å². The zero-order valence-electron chi connectivity index (χ0n) is 69.0. The van der Waals surface area contributed by atoms with Crippen molar-refractivity contribution in [2.45, 2.75) is 193 Å². The van der Waals surface area contributed by atoms with Crippen LogP contribution in [-0.2, 0) is 102 Å². The fourth-order valence-electron chi connectivity index (χ4n) is 14.7. The Morgan fingerprint density at radius 3 is 1.36 bits per heavy atom. The molecule has 8 aromatic rings. The van der Waals surface area contributed by atoms with Gasteiger partial charge in [0.25, 0.3) is 5.91 Å². The van der Waals surface area contributed by atoms with E-state index >= 15 is 24.0 Å². The van der Waals surface area contributed by atoms with Gasteiger partial charge in [0.1, 0.15) is 84.4 Å². The molecule has 8 heterocycles. The van der Waals surface area contributed by atoms with Gasteiger partial charge in [-0.2, -0.15) is 0 Å². The maximum Gasteiger partial charge on any atom is 0.326 e. The lowest BCUT2D eigenvalue weighted by molar-refractivity contribution is -0.145. The Kier molecular flexibility index (Phi) is 28.5. The molecule has 2 aromatic heterocycles. The molecule has 14 rings (SSSR count). The van der Waals surface area contributed by atoms with Crippen LogP contribution in [0.15, 0.2) is 146 Å². The molecule has 638 valence electrons. The molecule has 11 N–H and O–H groups in total. The number of carbonyl (C=O) groups excluding carboxylic acids is 10.